The van der Waals surface area contributed by atoms with Crippen LogP contribution in [0.25, 0.3) is 20.4 Å². The van der Waals surface area contributed by atoms with E-state index in [-0.39, 0.29) is 36.9 Å². The van der Waals surface area contributed by atoms with Crippen molar-refractivity contribution in [2.45, 2.75) is 46.3 Å². The van der Waals surface area contributed by atoms with Crippen LogP contribution in [0.15, 0.2) is 75.6 Å². The fraction of sp³-hybridized carbons (Fsp3) is 0.233. The number of thiazole rings is 2. The second kappa shape index (κ2) is 12.7. The summed E-state index contributed by atoms with van der Waals surface area (Å²) >= 11 is 3.17. The van der Waals surface area contributed by atoms with Crippen LogP contribution in [0.5, 0.6) is 0 Å². The monoisotopic (exact) mass is 638 g/mol. The van der Waals surface area contributed by atoms with Gasteiger partial charge < -0.3 is 11.5 Å². The first kappa shape index (κ1) is 31.4. The van der Waals surface area contributed by atoms with Crippen LogP contribution in [0, 0.1) is 0 Å². The molecule has 0 spiro atoms. The van der Waals surface area contributed by atoms with Gasteiger partial charge in [0.15, 0.2) is 5.13 Å². The molecule has 0 amide bonds. The van der Waals surface area contributed by atoms with Gasteiger partial charge in [0, 0.05) is 28.8 Å². The highest BCUT2D eigenvalue weighted by Gasteiger charge is 2.29. The van der Waals surface area contributed by atoms with E-state index in [4.69, 9.17) is 26.4 Å². The lowest BCUT2D eigenvalue weighted by atomic mass is 10.1. The van der Waals surface area contributed by atoms with Crippen molar-refractivity contribution in [2.75, 3.05) is 4.90 Å². The first-order valence-corrected chi connectivity index (χ1v) is 14.8. The van der Waals surface area contributed by atoms with Crippen LogP contribution in [0.2, 0.25) is 0 Å². The fourth-order valence-electron chi connectivity index (χ4n) is 4.65. The molecule has 3 aromatic carbocycles. The lowest BCUT2D eigenvalue weighted by Gasteiger charge is -2.14. The Kier molecular flexibility index (Phi) is 9.52. The number of nitrogens with zero attached hydrogens (tertiary/aromatic N) is 6. The molecule has 2 aromatic heterocycles. The van der Waals surface area contributed by atoms with Gasteiger partial charge in [-0.2, -0.15) is 0 Å². The Morgan fingerprint density at radius 1 is 0.786 bits per heavy atom. The Bertz CT molecular complexity index is 1840. The molecule has 6 rings (SSSR count). The lowest BCUT2D eigenvalue weighted by Crippen LogP contribution is -2.23. The molecule has 12 heteroatoms. The minimum atomic E-state index is 0. The maximum Gasteiger partial charge on any atom is 0.212 e. The van der Waals surface area contributed by atoms with Gasteiger partial charge in [0.2, 0.25) is 5.13 Å². The third-order valence-corrected chi connectivity index (χ3v) is 8.37. The highest BCUT2D eigenvalue weighted by molar-refractivity contribution is 7.22. The molecular weight excluding hydrogens is 607 g/mol. The molecule has 4 N–H and O–H groups in total. The quantitative estimate of drug-likeness (QED) is 0.152. The van der Waals surface area contributed by atoms with Crippen LogP contribution < -0.4 is 16.4 Å². The first-order valence-electron chi connectivity index (χ1n) is 13.2. The van der Waals surface area contributed by atoms with Crippen molar-refractivity contribution in [2.24, 2.45) is 26.4 Å². The zero-order chi connectivity index (χ0) is 28.0. The fourth-order valence-corrected chi connectivity index (χ4v) is 6.53. The van der Waals surface area contributed by atoms with E-state index < -0.39 is 0 Å². The van der Waals surface area contributed by atoms with Crippen LogP contribution >= 0.6 is 47.5 Å². The summed E-state index contributed by atoms with van der Waals surface area (Å²) in [5.41, 5.74) is 18.4. The van der Waals surface area contributed by atoms with Crippen LogP contribution in [-0.2, 0) is 6.54 Å². The molecule has 3 heterocycles. The highest BCUT2D eigenvalue weighted by Crippen LogP contribution is 2.37. The number of anilines is 1. The number of hydrogen-bond acceptors (Lipinski definition) is 7. The second-order valence-electron chi connectivity index (χ2n) is 10.3. The molecule has 0 fully saturated rings. The number of rotatable bonds is 6. The summed E-state index contributed by atoms with van der Waals surface area (Å²) < 4.78 is 2.07. The molecular formula is C30H32Cl2N8S2. The molecule has 0 unspecified atom stereocenters. The van der Waals surface area contributed by atoms with Crippen LogP contribution in [0.3, 0.4) is 0 Å². The van der Waals surface area contributed by atoms with Gasteiger partial charge in [0.1, 0.15) is 17.5 Å². The van der Waals surface area contributed by atoms with E-state index >= 15 is 0 Å². The van der Waals surface area contributed by atoms with Crippen LogP contribution in [0.1, 0.15) is 49.9 Å². The molecule has 8 nitrogen and oxygen atoms in total. The van der Waals surface area contributed by atoms with Crippen molar-refractivity contribution < 1.29 is 0 Å². The van der Waals surface area contributed by atoms with Crippen LogP contribution in [0.4, 0.5) is 10.3 Å². The number of fused-ring (bicyclic) bond motifs is 3. The average molecular weight is 640 g/mol. The van der Waals surface area contributed by atoms with Crippen LogP contribution in [-0.4, -0.2) is 39.6 Å². The van der Waals surface area contributed by atoms with Crippen molar-refractivity contribution in [3.63, 3.8) is 0 Å². The molecule has 1 aliphatic rings. The van der Waals surface area contributed by atoms with Gasteiger partial charge in [0.05, 0.1) is 27.0 Å². The number of benzene rings is 3. The topological polar surface area (TPSA) is 118 Å². The molecule has 0 saturated carbocycles. The minimum Gasteiger partial charge on any atom is -0.383 e. The van der Waals surface area contributed by atoms with Gasteiger partial charge in [-0.1, -0.05) is 46.9 Å². The molecule has 218 valence electrons. The van der Waals surface area contributed by atoms with Gasteiger partial charge >= 0.3 is 0 Å². The molecule has 0 bridgehead atoms. The van der Waals surface area contributed by atoms with E-state index in [0.717, 1.165) is 48.1 Å². The van der Waals surface area contributed by atoms with Crippen molar-refractivity contribution in [3.8, 4) is 0 Å². The summed E-state index contributed by atoms with van der Waals surface area (Å²) in [4.78, 5) is 26.0. The summed E-state index contributed by atoms with van der Waals surface area (Å²) in [5.74, 6) is 1.92. The zero-order valence-electron chi connectivity index (χ0n) is 23.6. The molecule has 0 atom stereocenters. The molecule has 42 heavy (non-hydrogen) atoms. The molecule has 1 aliphatic heterocycles. The van der Waals surface area contributed by atoms with Gasteiger partial charge in [0.25, 0.3) is 0 Å². The molecule has 0 radical (unpaired) electrons. The molecule has 5 aromatic rings. The minimum absolute atomic E-state index is 0. The molecule has 0 saturated heterocycles. The van der Waals surface area contributed by atoms with E-state index in [1.165, 1.54) is 5.56 Å². The Balaban J connectivity index is 0.00000202. The van der Waals surface area contributed by atoms with Crippen molar-refractivity contribution in [3.05, 3.63) is 82.9 Å². The van der Waals surface area contributed by atoms with E-state index in [9.17, 15) is 0 Å². The van der Waals surface area contributed by atoms with E-state index in [2.05, 4.69) is 39.2 Å². The molecule has 0 aliphatic carbocycles. The van der Waals surface area contributed by atoms with E-state index in [0.29, 0.717) is 23.3 Å². The summed E-state index contributed by atoms with van der Waals surface area (Å²) in [5, 5.41) is 1.56. The second-order valence-corrected chi connectivity index (χ2v) is 12.3. The standard InChI is InChI=1S/C30H30N8S2.2ClH/c1-16(2)33-26(31)18-9-11-22-24(13-18)39-29(35-22)37-28-21-8-6-5-7-20(21)15-38(28)30-36-23-12-10-19(14-25(23)40-30)27(32)34-17(3)4;;/h5-14,16-17H,15H2,1-4H3,(H2,31,33)(H2,32,34);2*1H/b37-28+;;. The van der Waals surface area contributed by atoms with Crippen molar-refractivity contribution in [1.29, 1.82) is 0 Å². The maximum absolute atomic E-state index is 6.25. The van der Waals surface area contributed by atoms with Gasteiger partial charge in [-0.3, -0.25) is 14.9 Å². The van der Waals surface area contributed by atoms with E-state index in [1.807, 2.05) is 64.1 Å². The number of aliphatic imine (C=N–C) groups is 3. The maximum atomic E-state index is 6.25. The number of halogens is 2. The third-order valence-electron chi connectivity index (χ3n) is 6.42. The highest BCUT2D eigenvalue weighted by atomic mass is 35.5. The smallest absolute Gasteiger partial charge is 0.212 e. The zero-order valence-corrected chi connectivity index (χ0v) is 26.9. The predicted molar refractivity (Wildman–Crippen MR) is 184 cm³/mol. The largest absolute Gasteiger partial charge is 0.383 e. The summed E-state index contributed by atoms with van der Waals surface area (Å²) in [6, 6.07) is 20.7. The SMILES string of the molecule is CC(C)N=C(N)c1ccc2nc(/N=C3\c4ccccc4CN3c3nc4ccc(C(N)=NC(C)C)cc4s3)sc2c1.Cl.Cl. The Morgan fingerprint density at radius 3 is 1.98 bits per heavy atom. The Labute approximate surface area is 265 Å². The summed E-state index contributed by atoms with van der Waals surface area (Å²) in [6.07, 6.45) is 0. The van der Waals surface area contributed by atoms with Crippen molar-refractivity contribution in [1.82, 2.24) is 9.97 Å². The predicted octanol–water partition coefficient (Wildman–Crippen LogP) is 7.08. The summed E-state index contributed by atoms with van der Waals surface area (Å²) in [6.45, 7) is 8.75. The average Bonchev–Trinajstić information content (AvgIpc) is 3.62. The number of nitrogens with two attached hydrogens (primary N) is 2. The number of aromatic nitrogens is 2. The lowest BCUT2D eigenvalue weighted by molar-refractivity contribution is 0.834. The summed E-state index contributed by atoms with van der Waals surface area (Å²) in [7, 11) is 0. The Morgan fingerprint density at radius 2 is 1.36 bits per heavy atom. The number of hydrogen-bond donors (Lipinski definition) is 2. The Hall–Kier alpha value is -3.57. The van der Waals surface area contributed by atoms with Gasteiger partial charge in [-0.05, 0) is 69.7 Å². The van der Waals surface area contributed by atoms with E-state index in [1.54, 1.807) is 22.7 Å². The normalized spacial score (nSPS) is 14.6. The van der Waals surface area contributed by atoms with Gasteiger partial charge in [-0.25, -0.2) is 15.0 Å². The third kappa shape index (κ3) is 6.27. The number of amidine groups is 3. The first-order chi connectivity index (χ1) is 19.2. The van der Waals surface area contributed by atoms with Crippen molar-refractivity contribution >= 4 is 95.7 Å². The van der Waals surface area contributed by atoms with Gasteiger partial charge in [-0.15, -0.1) is 24.8 Å².